The van der Waals surface area contributed by atoms with Gasteiger partial charge in [-0.15, -0.1) is 0 Å². The van der Waals surface area contributed by atoms with Gasteiger partial charge in [-0.3, -0.25) is 4.98 Å². The number of hydrogen-bond donors (Lipinski definition) is 1. The summed E-state index contributed by atoms with van der Waals surface area (Å²) in [5.74, 6) is 0.487. The van der Waals surface area contributed by atoms with Crippen LogP contribution in [0.1, 0.15) is 0 Å². The van der Waals surface area contributed by atoms with Crippen LogP contribution in [0.2, 0.25) is 0 Å². The maximum Gasteiger partial charge on any atom is 0.222 e. The number of aromatic nitrogens is 3. The number of nitrogen functional groups attached to an aromatic ring is 1. The fourth-order valence-corrected chi connectivity index (χ4v) is 2.42. The van der Waals surface area contributed by atoms with Gasteiger partial charge in [-0.05, 0) is 29.8 Å². The highest BCUT2D eigenvalue weighted by atomic mass is 19.1. The predicted octanol–water partition coefficient (Wildman–Crippen LogP) is 2.99. The van der Waals surface area contributed by atoms with Crippen molar-refractivity contribution in [3.05, 3.63) is 54.6 Å². The molecule has 0 spiro atoms. The summed E-state index contributed by atoms with van der Waals surface area (Å²) in [5, 5.41) is 0. The zero-order valence-corrected chi connectivity index (χ0v) is 12.9. The highest BCUT2D eigenvalue weighted by Crippen LogP contribution is 2.37. The lowest BCUT2D eigenvalue weighted by molar-refractivity contribution is 0.628. The first-order chi connectivity index (χ1) is 11.1. The molecule has 0 saturated heterocycles. The normalized spacial score (nSPS) is 10.6. The standard InChI is InChI=1S/C17H16FN5/c1-23(2)16-14(11-6-8-20-9-7-11)15(21-17(19)22-16)12-4-3-5-13(18)10-12/h3-10H,1-2H3,(H2,19,21,22). The Hall–Kier alpha value is -3.02. The lowest BCUT2D eigenvalue weighted by atomic mass is 10.00. The monoisotopic (exact) mass is 309 g/mol. The van der Waals surface area contributed by atoms with Gasteiger partial charge in [0, 0.05) is 32.1 Å². The first kappa shape index (κ1) is 14.9. The van der Waals surface area contributed by atoms with E-state index in [0.717, 1.165) is 11.1 Å². The predicted molar refractivity (Wildman–Crippen MR) is 89.4 cm³/mol. The second kappa shape index (κ2) is 6.00. The molecule has 0 amide bonds. The summed E-state index contributed by atoms with van der Waals surface area (Å²) in [6.07, 6.45) is 3.39. The molecule has 0 atom stereocenters. The molecule has 0 saturated carbocycles. The van der Waals surface area contributed by atoms with Crippen molar-refractivity contribution in [2.75, 3.05) is 24.7 Å². The van der Waals surface area contributed by atoms with Crippen LogP contribution in [0.15, 0.2) is 48.8 Å². The highest BCUT2D eigenvalue weighted by Gasteiger charge is 2.18. The Bertz CT molecular complexity index is 834. The molecule has 2 aromatic heterocycles. The Labute approximate surface area is 133 Å². The van der Waals surface area contributed by atoms with E-state index < -0.39 is 0 Å². The van der Waals surface area contributed by atoms with Gasteiger partial charge in [0.05, 0.1) is 11.3 Å². The summed E-state index contributed by atoms with van der Waals surface area (Å²) in [5.41, 5.74) is 8.78. The van der Waals surface area contributed by atoms with Crippen LogP contribution in [0.25, 0.3) is 22.4 Å². The van der Waals surface area contributed by atoms with Crippen LogP contribution in [0.3, 0.4) is 0 Å². The van der Waals surface area contributed by atoms with Gasteiger partial charge >= 0.3 is 0 Å². The van der Waals surface area contributed by atoms with Gasteiger partial charge in [0.15, 0.2) is 0 Å². The molecule has 3 aromatic rings. The summed E-state index contributed by atoms with van der Waals surface area (Å²) in [4.78, 5) is 14.6. The molecular formula is C17H16FN5. The van der Waals surface area contributed by atoms with E-state index in [4.69, 9.17) is 5.73 Å². The molecule has 23 heavy (non-hydrogen) atoms. The van der Waals surface area contributed by atoms with Crippen LogP contribution in [0.5, 0.6) is 0 Å². The number of nitrogens with two attached hydrogens (primary N) is 1. The van der Waals surface area contributed by atoms with Crippen molar-refractivity contribution in [3.8, 4) is 22.4 Å². The van der Waals surface area contributed by atoms with E-state index in [0.29, 0.717) is 17.1 Å². The van der Waals surface area contributed by atoms with Crippen molar-refractivity contribution in [2.24, 2.45) is 0 Å². The molecule has 3 rings (SSSR count). The van der Waals surface area contributed by atoms with Gasteiger partial charge in [-0.25, -0.2) is 9.37 Å². The van der Waals surface area contributed by atoms with Crippen LogP contribution in [0.4, 0.5) is 16.2 Å². The third-order valence-electron chi connectivity index (χ3n) is 3.40. The summed E-state index contributed by atoms with van der Waals surface area (Å²) < 4.78 is 13.7. The summed E-state index contributed by atoms with van der Waals surface area (Å²) in [6.45, 7) is 0. The molecule has 0 fully saturated rings. The van der Waals surface area contributed by atoms with E-state index >= 15 is 0 Å². The number of pyridine rings is 1. The van der Waals surface area contributed by atoms with Crippen molar-refractivity contribution in [1.82, 2.24) is 15.0 Å². The van der Waals surface area contributed by atoms with Gasteiger partial charge in [-0.1, -0.05) is 12.1 Å². The Balaban J connectivity index is 2.34. The molecule has 0 aliphatic rings. The third kappa shape index (κ3) is 2.96. The fraction of sp³-hybridized carbons (Fsp3) is 0.118. The molecule has 116 valence electrons. The van der Waals surface area contributed by atoms with Crippen LogP contribution < -0.4 is 10.6 Å². The number of benzene rings is 1. The number of anilines is 2. The molecule has 0 radical (unpaired) electrons. The van der Waals surface area contributed by atoms with Crippen molar-refractivity contribution in [2.45, 2.75) is 0 Å². The molecule has 6 heteroatoms. The lowest BCUT2D eigenvalue weighted by Crippen LogP contribution is -2.15. The van der Waals surface area contributed by atoms with Gasteiger partial charge < -0.3 is 10.6 Å². The second-order valence-electron chi connectivity index (χ2n) is 5.27. The van der Waals surface area contributed by atoms with E-state index in [2.05, 4.69) is 15.0 Å². The van der Waals surface area contributed by atoms with Crippen LogP contribution in [-0.4, -0.2) is 29.0 Å². The van der Waals surface area contributed by atoms with Gasteiger partial charge in [0.25, 0.3) is 0 Å². The van der Waals surface area contributed by atoms with Crippen LogP contribution >= 0.6 is 0 Å². The van der Waals surface area contributed by atoms with Crippen LogP contribution in [-0.2, 0) is 0 Å². The zero-order valence-electron chi connectivity index (χ0n) is 12.9. The maximum absolute atomic E-state index is 13.7. The number of hydrogen-bond acceptors (Lipinski definition) is 5. The second-order valence-corrected chi connectivity index (χ2v) is 5.27. The largest absolute Gasteiger partial charge is 0.368 e. The summed E-state index contributed by atoms with van der Waals surface area (Å²) in [7, 11) is 3.75. The minimum Gasteiger partial charge on any atom is -0.368 e. The van der Waals surface area contributed by atoms with E-state index in [1.807, 2.05) is 31.1 Å². The summed E-state index contributed by atoms with van der Waals surface area (Å²) >= 11 is 0. The van der Waals surface area contributed by atoms with Crippen LogP contribution in [0, 0.1) is 5.82 Å². The molecule has 5 nitrogen and oxygen atoms in total. The van der Waals surface area contributed by atoms with Gasteiger partial charge in [-0.2, -0.15) is 4.98 Å². The van der Waals surface area contributed by atoms with E-state index in [-0.39, 0.29) is 11.8 Å². The van der Waals surface area contributed by atoms with Gasteiger partial charge in [0.2, 0.25) is 5.95 Å². The molecule has 2 heterocycles. The van der Waals surface area contributed by atoms with E-state index in [1.165, 1.54) is 12.1 Å². The molecular weight excluding hydrogens is 293 g/mol. The van der Waals surface area contributed by atoms with Gasteiger partial charge in [0.1, 0.15) is 11.6 Å². The average molecular weight is 309 g/mol. The number of halogens is 1. The molecule has 0 unspecified atom stereocenters. The van der Waals surface area contributed by atoms with Crippen molar-refractivity contribution in [1.29, 1.82) is 0 Å². The first-order valence-corrected chi connectivity index (χ1v) is 7.07. The van der Waals surface area contributed by atoms with E-state index in [1.54, 1.807) is 24.5 Å². The summed E-state index contributed by atoms with van der Waals surface area (Å²) in [6, 6.07) is 10.0. The Kier molecular flexibility index (Phi) is 3.89. The minimum absolute atomic E-state index is 0.144. The van der Waals surface area contributed by atoms with Crippen molar-refractivity contribution >= 4 is 11.8 Å². The highest BCUT2D eigenvalue weighted by molar-refractivity contribution is 5.89. The number of nitrogens with zero attached hydrogens (tertiary/aromatic N) is 4. The Morgan fingerprint density at radius 3 is 2.39 bits per heavy atom. The quantitative estimate of drug-likeness (QED) is 0.805. The molecule has 0 aliphatic carbocycles. The molecule has 0 aliphatic heterocycles. The minimum atomic E-state index is -0.327. The zero-order chi connectivity index (χ0) is 16.4. The lowest BCUT2D eigenvalue weighted by Gasteiger charge is -2.19. The van der Waals surface area contributed by atoms with Crippen molar-refractivity contribution < 1.29 is 4.39 Å². The third-order valence-corrected chi connectivity index (χ3v) is 3.40. The Morgan fingerprint density at radius 2 is 1.74 bits per heavy atom. The molecule has 1 aromatic carbocycles. The fourth-order valence-electron chi connectivity index (χ4n) is 2.42. The Morgan fingerprint density at radius 1 is 1.00 bits per heavy atom. The average Bonchev–Trinajstić information content (AvgIpc) is 2.54. The first-order valence-electron chi connectivity index (χ1n) is 7.07. The van der Waals surface area contributed by atoms with E-state index in [9.17, 15) is 4.39 Å². The SMILES string of the molecule is CN(C)c1nc(N)nc(-c2cccc(F)c2)c1-c1ccncc1. The number of rotatable bonds is 3. The molecule has 2 N–H and O–H groups in total. The topological polar surface area (TPSA) is 67.9 Å². The maximum atomic E-state index is 13.7. The molecule has 0 bridgehead atoms. The van der Waals surface area contributed by atoms with Crippen molar-refractivity contribution in [3.63, 3.8) is 0 Å². The smallest absolute Gasteiger partial charge is 0.222 e.